The Labute approximate surface area is 94.4 Å². The zero-order chi connectivity index (χ0) is 11.5. The Kier molecular flexibility index (Phi) is 3.05. The molecule has 5 heteroatoms. The maximum Gasteiger partial charge on any atom is 0.101 e. The van der Waals surface area contributed by atoms with Crippen LogP contribution in [0.25, 0.3) is 0 Å². The number of aryl methyl sites for hydroxylation is 2. The molecule has 0 aromatic carbocycles. The van der Waals surface area contributed by atoms with Crippen LogP contribution in [0.4, 0.5) is 0 Å². The van der Waals surface area contributed by atoms with Gasteiger partial charge in [-0.05, 0) is 13.0 Å². The van der Waals surface area contributed by atoms with Crippen molar-refractivity contribution in [1.82, 2.24) is 19.3 Å². The van der Waals surface area contributed by atoms with Gasteiger partial charge in [-0.1, -0.05) is 0 Å². The van der Waals surface area contributed by atoms with E-state index in [1.807, 2.05) is 30.8 Å². The molecule has 1 unspecified atom stereocenters. The molecule has 1 atom stereocenters. The van der Waals surface area contributed by atoms with Gasteiger partial charge in [0.1, 0.15) is 6.10 Å². The highest BCUT2D eigenvalue weighted by atomic mass is 16.3. The van der Waals surface area contributed by atoms with Gasteiger partial charge in [-0.15, -0.1) is 0 Å². The van der Waals surface area contributed by atoms with E-state index in [-0.39, 0.29) is 0 Å². The number of nitrogens with zero attached hydrogens (tertiary/aromatic N) is 4. The van der Waals surface area contributed by atoms with Gasteiger partial charge >= 0.3 is 0 Å². The largest absolute Gasteiger partial charge is 0.386 e. The molecular formula is C11H16N4O. The Morgan fingerprint density at radius 1 is 1.50 bits per heavy atom. The monoisotopic (exact) mass is 220 g/mol. The third-order valence-corrected chi connectivity index (χ3v) is 2.60. The van der Waals surface area contributed by atoms with Crippen molar-refractivity contribution in [2.24, 2.45) is 7.05 Å². The summed E-state index contributed by atoms with van der Waals surface area (Å²) in [5.74, 6) is 0. The Bertz CT molecular complexity index is 460. The van der Waals surface area contributed by atoms with Crippen molar-refractivity contribution in [2.45, 2.75) is 26.0 Å². The fourth-order valence-electron chi connectivity index (χ4n) is 1.75. The molecular weight excluding hydrogens is 204 g/mol. The molecule has 0 aliphatic heterocycles. The first kappa shape index (κ1) is 10.9. The maximum atomic E-state index is 10.1. The molecule has 0 spiro atoms. The van der Waals surface area contributed by atoms with E-state index < -0.39 is 6.10 Å². The molecule has 16 heavy (non-hydrogen) atoms. The second-order valence-electron chi connectivity index (χ2n) is 3.81. The van der Waals surface area contributed by atoms with Crippen molar-refractivity contribution >= 4 is 0 Å². The predicted molar refractivity (Wildman–Crippen MR) is 59.8 cm³/mol. The van der Waals surface area contributed by atoms with Crippen molar-refractivity contribution < 1.29 is 5.11 Å². The van der Waals surface area contributed by atoms with Crippen LogP contribution in [0.1, 0.15) is 24.4 Å². The highest BCUT2D eigenvalue weighted by Crippen LogP contribution is 2.16. The molecule has 86 valence electrons. The van der Waals surface area contributed by atoms with Crippen LogP contribution in [0.3, 0.4) is 0 Å². The predicted octanol–water partition coefficient (Wildman–Crippen LogP) is 0.913. The maximum absolute atomic E-state index is 10.1. The molecule has 0 bridgehead atoms. The summed E-state index contributed by atoms with van der Waals surface area (Å²) in [6, 6.07) is 1.91. The molecule has 0 aliphatic rings. The first-order valence-electron chi connectivity index (χ1n) is 5.37. The van der Waals surface area contributed by atoms with Crippen LogP contribution in [0.2, 0.25) is 0 Å². The third kappa shape index (κ3) is 2.14. The van der Waals surface area contributed by atoms with E-state index in [1.54, 1.807) is 17.2 Å². The van der Waals surface area contributed by atoms with Crippen LogP contribution in [-0.2, 0) is 20.0 Å². The van der Waals surface area contributed by atoms with Gasteiger partial charge in [-0.2, -0.15) is 5.10 Å². The molecule has 0 fully saturated rings. The summed E-state index contributed by atoms with van der Waals surface area (Å²) in [5, 5.41) is 14.3. The topological polar surface area (TPSA) is 55.9 Å². The molecule has 2 aromatic heterocycles. The van der Waals surface area contributed by atoms with E-state index in [9.17, 15) is 5.11 Å². The number of aliphatic hydroxyl groups is 1. The van der Waals surface area contributed by atoms with Gasteiger partial charge in [0, 0.05) is 26.2 Å². The molecule has 0 amide bonds. The summed E-state index contributed by atoms with van der Waals surface area (Å²) in [5.41, 5.74) is 1.73. The number of hydrogen-bond acceptors (Lipinski definition) is 3. The lowest BCUT2D eigenvalue weighted by molar-refractivity contribution is 0.167. The molecule has 0 aliphatic carbocycles. The minimum absolute atomic E-state index is 0.520. The standard InChI is InChI=1S/C11H16N4O/c1-3-15-8-12-7-10(15)11(16)6-9-4-5-14(2)13-9/h4-5,7-8,11,16H,3,6H2,1-2H3. The Morgan fingerprint density at radius 3 is 2.94 bits per heavy atom. The quantitative estimate of drug-likeness (QED) is 0.833. The van der Waals surface area contributed by atoms with Gasteiger partial charge in [0.05, 0.1) is 23.9 Å². The lowest BCUT2D eigenvalue weighted by atomic mass is 10.1. The van der Waals surface area contributed by atoms with Crippen LogP contribution >= 0.6 is 0 Å². The normalized spacial score (nSPS) is 12.9. The summed E-state index contributed by atoms with van der Waals surface area (Å²) in [7, 11) is 1.87. The van der Waals surface area contributed by atoms with Crippen molar-refractivity contribution in [3.63, 3.8) is 0 Å². The van der Waals surface area contributed by atoms with E-state index in [2.05, 4.69) is 10.1 Å². The highest BCUT2D eigenvalue weighted by molar-refractivity contribution is 5.08. The first-order valence-corrected chi connectivity index (χ1v) is 5.37. The summed E-state index contributed by atoms with van der Waals surface area (Å²) in [4.78, 5) is 4.04. The summed E-state index contributed by atoms with van der Waals surface area (Å²) in [6.45, 7) is 2.84. The van der Waals surface area contributed by atoms with Gasteiger partial charge < -0.3 is 9.67 Å². The molecule has 0 saturated carbocycles. The Balaban J connectivity index is 2.11. The van der Waals surface area contributed by atoms with Crippen LogP contribution in [-0.4, -0.2) is 24.4 Å². The molecule has 0 saturated heterocycles. The fraction of sp³-hybridized carbons (Fsp3) is 0.455. The number of aromatic nitrogens is 4. The number of hydrogen-bond donors (Lipinski definition) is 1. The van der Waals surface area contributed by atoms with E-state index in [0.29, 0.717) is 6.42 Å². The van der Waals surface area contributed by atoms with E-state index >= 15 is 0 Å². The summed E-state index contributed by atoms with van der Waals surface area (Å²) < 4.78 is 3.67. The second kappa shape index (κ2) is 4.49. The lowest BCUT2D eigenvalue weighted by Crippen LogP contribution is -2.09. The minimum atomic E-state index is -0.544. The second-order valence-corrected chi connectivity index (χ2v) is 3.81. The van der Waals surface area contributed by atoms with Crippen LogP contribution < -0.4 is 0 Å². The third-order valence-electron chi connectivity index (χ3n) is 2.60. The zero-order valence-electron chi connectivity index (χ0n) is 9.54. The molecule has 5 nitrogen and oxygen atoms in total. The lowest BCUT2D eigenvalue weighted by Gasteiger charge is -2.11. The van der Waals surface area contributed by atoms with Crippen LogP contribution in [0.5, 0.6) is 0 Å². The van der Waals surface area contributed by atoms with Gasteiger partial charge in [0.2, 0.25) is 0 Å². The van der Waals surface area contributed by atoms with E-state index in [4.69, 9.17) is 0 Å². The number of rotatable bonds is 4. The fourth-order valence-corrected chi connectivity index (χ4v) is 1.75. The Morgan fingerprint density at radius 2 is 2.31 bits per heavy atom. The number of imidazole rings is 1. The smallest absolute Gasteiger partial charge is 0.101 e. The van der Waals surface area contributed by atoms with Gasteiger partial charge in [0.15, 0.2) is 0 Å². The molecule has 1 N–H and O–H groups in total. The van der Waals surface area contributed by atoms with Crippen molar-refractivity contribution in [2.75, 3.05) is 0 Å². The average Bonchev–Trinajstić information content (AvgIpc) is 2.86. The average molecular weight is 220 g/mol. The van der Waals surface area contributed by atoms with Crippen molar-refractivity contribution in [3.05, 3.63) is 36.2 Å². The molecule has 2 heterocycles. The van der Waals surface area contributed by atoms with Gasteiger partial charge in [-0.3, -0.25) is 4.68 Å². The van der Waals surface area contributed by atoms with Crippen molar-refractivity contribution in [3.8, 4) is 0 Å². The molecule has 2 rings (SSSR count). The SMILES string of the molecule is CCn1cncc1C(O)Cc1ccn(C)n1. The first-order chi connectivity index (χ1) is 7.70. The van der Waals surface area contributed by atoms with Crippen LogP contribution in [0, 0.1) is 0 Å². The van der Waals surface area contributed by atoms with E-state index in [1.165, 1.54) is 0 Å². The number of aliphatic hydroxyl groups excluding tert-OH is 1. The minimum Gasteiger partial charge on any atom is -0.386 e. The Hall–Kier alpha value is -1.62. The summed E-state index contributed by atoms with van der Waals surface area (Å²) in [6.07, 6.45) is 5.29. The van der Waals surface area contributed by atoms with Gasteiger partial charge in [-0.25, -0.2) is 4.98 Å². The molecule has 0 radical (unpaired) electrons. The van der Waals surface area contributed by atoms with Crippen molar-refractivity contribution in [1.29, 1.82) is 0 Å². The summed E-state index contributed by atoms with van der Waals surface area (Å²) >= 11 is 0. The van der Waals surface area contributed by atoms with E-state index in [0.717, 1.165) is 17.9 Å². The highest BCUT2D eigenvalue weighted by Gasteiger charge is 2.14. The van der Waals surface area contributed by atoms with Gasteiger partial charge in [0.25, 0.3) is 0 Å². The van der Waals surface area contributed by atoms with Crippen LogP contribution in [0.15, 0.2) is 24.8 Å². The molecule has 2 aromatic rings. The zero-order valence-corrected chi connectivity index (χ0v) is 9.54.